The summed E-state index contributed by atoms with van der Waals surface area (Å²) < 4.78 is 14.0. The van der Waals surface area contributed by atoms with Gasteiger partial charge in [0, 0.05) is 57.3 Å². The number of nitrogens with zero attached hydrogens (tertiary/aromatic N) is 4. The van der Waals surface area contributed by atoms with Crippen molar-refractivity contribution in [1.82, 2.24) is 19.7 Å². The number of hydrogen-bond acceptors (Lipinski definition) is 5. The Labute approximate surface area is 155 Å². The zero-order valence-corrected chi connectivity index (χ0v) is 15.5. The van der Waals surface area contributed by atoms with Crippen LogP contribution in [0.4, 0.5) is 0 Å². The van der Waals surface area contributed by atoms with Crippen LogP contribution in [0.25, 0.3) is 0 Å². The van der Waals surface area contributed by atoms with Crippen LogP contribution < -0.4 is 4.74 Å². The van der Waals surface area contributed by atoms with E-state index < -0.39 is 0 Å². The monoisotopic (exact) mass is 356 g/mol. The zero-order chi connectivity index (χ0) is 17.8. The average Bonchev–Trinajstić information content (AvgIpc) is 3.25. The molecule has 0 bridgehead atoms. The van der Waals surface area contributed by atoms with Crippen molar-refractivity contribution in [3.8, 4) is 5.88 Å². The predicted octanol–water partition coefficient (Wildman–Crippen LogP) is 2.66. The molecule has 26 heavy (non-hydrogen) atoms. The first-order valence-corrected chi connectivity index (χ1v) is 9.61. The molecular formula is C20H28N4O2. The van der Waals surface area contributed by atoms with Crippen LogP contribution in [-0.4, -0.2) is 51.6 Å². The molecule has 0 saturated carbocycles. The highest BCUT2D eigenvalue weighted by Gasteiger charge is 2.45. The van der Waals surface area contributed by atoms with Gasteiger partial charge in [0.05, 0.1) is 18.4 Å². The number of pyridine rings is 1. The van der Waals surface area contributed by atoms with Crippen LogP contribution in [0.1, 0.15) is 31.2 Å². The van der Waals surface area contributed by atoms with E-state index in [0.29, 0.717) is 18.4 Å². The molecule has 0 aliphatic carbocycles. The molecule has 0 amide bonds. The Morgan fingerprint density at radius 2 is 2.19 bits per heavy atom. The fourth-order valence-electron chi connectivity index (χ4n) is 4.38. The second kappa shape index (κ2) is 7.76. The predicted molar refractivity (Wildman–Crippen MR) is 98.9 cm³/mol. The largest absolute Gasteiger partial charge is 0.478 e. The van der Waals surface area contributed by atoms with E-state index in [1.807, 2.05) is 36.1 Å². The van der Waals surface area contributed by atoms with Crippen LogP contribution in [0.15, 0.2) is 36.8 Å². The van der Waals surface area contributed by atoms with Crippen molar-refractivity contribution >= 4 is 0 Å². The van der Waals surface area contributed by atoms with Crippen molar-refractivity contribution in [1.29, 1.82) is 0 Å². The minimum Gasteiger partial charge on any atom is -0.478 e. The minimum absolute atomic E-state index is 0.0545. The van der Waals surface area contributed by atoms with E-state index in [0.717, 1.165) is 51.9 Å². The van der Waals surface area contributed by atoms with E-state index in [1.165, 1.54) is 5.56 Å². The number of aryl methyl sites for hydroxylation is 1. The Balaban J connectivity index is 1.27. The average molecular weight is 356 g/mol. The molecule has 1 atom stereocenters. The van der Waals surface area contributed by atoms with E-state index in [-0.39, 0.29) is 5.60 Å². The van der Waals surface area contributed by atoms with Crippen LogP contribution in [0.3, 0.4) is 0 Å². The van der Waals surface area contributed by atoms with Gasteiger partial charge in [-0.05, 0) is 37.7 Å². The van der Waals surface area contributed by atoms with Crippen molar-refractivity contribution in [2.45, 2.75) is 37.8 Å². The molecule has 1 spiro atoms. The van der Waals surface area contributed by atoms with Gasteiger partial charge in [-0.25, -0.2) is 4.98 Å². The lowest BCUT2D eigenvalue weighted by Crippen LogP contribution is -2.47. The lowest BCUT2D eigenvalue weighted by molar-refractivity contribution is -0.0709. The summed E-state index contributed by atoms with van der Waals surface area (Å²) in [6.45, 7) is 4.76. The van der Waals surface area contributed by atoms with Gasteiger partial charge < -0.3 is 9.47 Å². The van der Waals surface area contributed by atoms with Gasteiger partial charge in [0.2, 0.25) is 5.88 Å². The maximum Gasteiger partial charge on any atom is 0.213 e. The molecule has 1 unspecified atom stereocenters. The molecule has 2 aromatic heterocycles. The second-order valence-corrected chi connectivity index (χ2v) is 7.50. The van der Waals surface area contributed by atoms with E-state index in [9.17, 15) is 0 Å². The maximum atomic E-state index is 6.29. The van der Waals surface area contributed by atoms with E-state index >= 15 is 0 Å². The normalized spacial score (nSPS) is 22.7. The van der Waals surface area contributed by atoms with Crippen LogP contribution in [0.2, 0.25) is 0 Å². The van der Waals surface area contributed by atoms with E-state index in [4.69, 9.17) is 9.47 Å². The third-order valence-corrected chi connectivity index (χ3v) is 5.82. The third kappa shape index (κ3) is 3.91. The molecular weight excluding hydrogens is 328 g/mol. The smallest absolute Gasteiger partial charge is 0.213 e. The molecule has 4 rings (SSSR count). The van der Waals surface area contributed by atoms with Gasteiger partial charge in [-0.15, -0.1) is 0 Å². The van der Waals surface area contributed by atoms with Gasteiger partial charge in [-0.1, -0.05) is 6.07 Å². The molecule has 2 saturated heterocycles. The summed E-state index contributed by atoms with van der Waals surface area (Å²) in [5, 5.41) is 4.27. The summed E-state index contributed by atoms with van der Waals surface area (Å²) in [5.41, 5.74) is 1.34. The van der Waals surface area contributed by atoms with Gasteiger partial charge in [0.1, 0.15) is 0 Å². The van der Waals surface area contributed by atoms with Gasteiger partial charge in [0.15, 0.2) is 0 Å². The standard InChI is InChI=1S/C20H28N4O2/c1-23-15-17(14-22-23)16-24-10-7-20(8-11-24)18(6-13-26-20)5-12-25-19-4-2-3-9-21-19/h2-4,9,14-15,18H,5-8,10-13,16H2,1H3. The Morgan fingerprint density at radius 1 is 1.31 bits per heavy atom. The Hall–Kier alpha value is -1.92. The summed E-state index contributed by atoms with van der Waals surface area (Å²) in [7, 11) is 1.97. The molecule has 2 aliphatic rings. The highest BCUT2D eigenvalue weighted by molar-refractivity contribution is 5.09. The number of rotatable bonds is 6. The minimum atomic E-state index is 0.0545. The first-order chi connectivity index (χ1) is 12.7. The molecule has 2 aromatic rings. The fraction of sp³-hybridized carbons (Fsp3) is 0.600. The van der Waals surface area contributed by atoms with E-state index in [1.54, 1.807) is 6.20 Å². The number of hydrogen-bond donors (Lipinski definition) is 0. The van der Waals surface area contributed by atoms with Crippen LogP contribution >= 0.6 is 0 Å². The van der Waals surface area contributed by atoms with Crippen molar-refractivity contribution in [3.63, 3.8) is 0 Å². The molecule has 4 heterocycles. The summed E-state index contributed by atoms with van der Waals surface area (Å²) in [5.74, 6) is 1.30. The first kappa shape index (κ1) is 17.5. The quantitative estimate of drug-likeness (QED) is 0.796. The summed E-state index contributed by atoms with van der Waals surface area (Å²) >= 11 is 0. The van der Waals surface area contributed by atoms with Crippen molar-refractivity contribution in [3.05, 3.63) is 42.4 Å². The second-order valence-electron chi connectivity index (χ2n) is 7.50. The molecule has 0 N–H and O–H groups in total. The first-order valence-electron chi connectivity index (χ1n) is 9.61. The highest BCUT2D eigenvalue weighted by Crippen LogP contribution is 2.42. The summed E-state index contributed by atoms with van der Waals surface area (Å²) in [6, 6.07) is 5.78. The van der Waals surface area contributed by atoms with Gasteiger partial charge in [-0.2, -0.15) is 5.10 Å². The van der Waals surface area contributed by atoms with Crippen molar-refractivity contribution in [2.75, 3.05) is 26.3 Å². The summed E-state index contributed by atoms with van der Waals surface area (Å²) in [4.78, 5) is 6.75. The van der Waals surface area contributed by atoms with E-state index in [2.05, 4.69) is 21.2 Å². The molecule has 2 aliphatic heterocycles. The van der Waals surface area contributed by atoms with Crippen LogP contribution in [0.5, 0.6) is 5.88 Å². The van der Waals surface area contributed by atoms with Crippen molar-refractivity contribution in [2.24, 2.45) is 13.0 Å². The molecule has 140 valence electrons. The van der Waals surface area contributed by atoms with Gasteiger partial charge in [0.25, 0.3) is 0 Å². The van der Waals surface area contributed by atoms with Gasteiger partial charge in [-0.3, -0.25) is 9.58 Å². The Kier molecular flexibility index (Phi) is 5.22. The molecule has 6 heteroatoms. The fourth-order valence-corrected chi connectivity index (χ4v) is 4.38. The summed E-state index contributed by atoms with van der Waals surface area (Å²) in [6.07, 6.45) is 10.3. The number of aromatic nitrogens is 3. The van der Waals surface area contributed by atoms with Crippen LogP contribution in [0, 0.1) is 5.92 Å². The lowest BCUT2D eigenvalue weighted by Gasteiger charge is -2.42. The number of piperidine rings is 1. The van der Waals surface area contributed by atoms with Crippen LogP contribution in [-0.2, 0) is 18.3 Å². The molecule has 6 nitrogen and oxygen atoms in total. The number of ether oxygens (including phenoxy) is 2. The SMILES string of the molecule is Cn1cc(CN2CCC3(CC2)OCCC3CCOc2ccccn2)cn1. The topological polar surface area (TPSA) is 52.4 Å². The van der Waals surface area contributed by atoms with Gasteiger partial charge >= 0.3 is 0 Å². The number of likely N-dealkylation sites (tertiary alicyclic amines) is 1. The highest BCUT2D eigenvalue weighted by atomic mass is 16.5. The maximum absolute atomic E-state index is 6.29. The zero-order valence-electron chi connectivity index (χ0n) is 15.5. The third-order valence-electron chi connectivity index (χ3n) is 5.82. The molecule has 2 fully saturated rings. The lowest BCUT2D eigenvalue weighted by atomic mass is 9.78. The Morgan fingerprint density at radius 3 is 2.92 bits per heavy atom. The molecule has 0 radical (unpaired) electrons. The Bertz CT molecular complexity index is 695. The van der Waals surface area contributed by atoms with Crippen molar-refractivity contribution < 1.29 is 9.47 Å². The molecule has 0 aromatic carbocycles.